The molecule has 0 saturated carbocycles. The number of hydrogen-bond donors (Lipinski definition) is 3. The molecule has 1 heterocycles. The van der Waals surface area contributed by atoms with Gasteiger partial charge in [0, 0.05) is 12.1 Å². The van der Waals surface area contributed by atoms with Gasteiger partial charge in [-0.3, -0.25) is 4.79 Å². The summed E-state index contributed by atoms with van der Waals surface area (Å²) in [6.07, 6.45) is 5.25. The van der Waals surface area contributed by atoms with Gasteiger partial charge in [-0.1, -0.05) is 12.2 Å². The summed E-state index contributed by atoms with van der Waals surface area (Å²) < 4.78 is 1.35. The van der Waals surface area contributed by atoms with E-state index in [9.17, 15) is 4.79 Å². The van der Waals surface area contributed by atoms with Crippen LogP contribution in [0.15, 0.2) is 12.3 Å². The van der Waals surface area contributed by atoms with Crippen LogP contribution in [0.25, 0.3) is 6.08 Å². The van der Waals surface area contributed by atoms with E-state index in [0.717, 1.165) is 5.56 Å². The number of carboxylic acid groups (broad SMARTS) is 1. The van der Waals surface area contributed by atoms with Gasteiger partial charge in [0.15, 0.2) is 0 Å². The van der Waals surface area contributed by atoms with Crippen molar-refractivity contribution in [2.75, 3.05) is 18.5 Å². The van der Waals surface area contributed by atoms with E-state index in [4.69, 9.17) is 10.2 Å². The van der Waals surface area contributed by atoms with Gasteiger partial charge in [-0.2, -0.15) is 5.10 Å². The number of aliphatic hydroxyl groups excluding tert-OH is 1. The van der Waals surface area contributed by atoms with E-state index in [1.807, 2.05) is 19.1 Å². The molecule has 1 aromatic rings. The van der Waals surface area contributed by atoms with E-state index in [1.54, 1.807) is 6.20 Å². The van der Waals surface area contributed by atoms with Crippen molar-refractivity contribution < 1.29 is 15.0 Å². The van der Waals surface area contributed by atoms with Crippen LogP contribution >= 0.6 is 0 Å². The van der Waals surface area contributed by atoms with E-state index >= 15 is 0 Å². The minimum atomic E-state index is -0.956. The second-order valence-corrected chi connectivity index (χ2v) is 3.15. The largest absolute Gasteiger partial charge is 0.480 e. The molecule has 1 rings (SSSR count). The molecule has 0 unspecified atom stereocenters. The van der Waals surface area contributed by atoms with Crippen molar-refractivity contribution in [1.29, 1.82) is 0 Å². The SMILES string of the molecule is C/C=C/c1cnn(CC(=O)O)c1NCCO. The first-order valence-electron chi connectivity index (χ1n) is 4.94. The summed E-state index contributed by atoms with van der Waals surface area (Å²) in [4.78, 5) is 10.6. The van der Waals surface area contributed by atoms with E-state index < -0.39 is 5.97 Å². The maximum atomic E-state index is 10.6. The van der Waals surface area contributed by atoms with Gasteiger partial charge in [-0.05, 0) is 6.92 Å². The number of carboxylic acids is 1. The number of nitrogens with one attached hydrogen (secondary N) is 1. The first-order chi connectivity index (χ1) is 7.69. The molecule has 6 heteroatoms. The summed E-state index contributed by atoms with van der Waals surface area (Å²) in [6.45, 7) is 2.00. The highest BCUT2D eigenvalue weighted by molar-refractivity contribution is 5.69. The van der Waals surface area contributed by atoms with Gasteiger partial charge in [0.25, 0.3) is 0 Å². The molecule has 0 fully saturated rings. The second kappa shape index (κ2) is 5.92. The molecule has 0 saturated heterocycles. The van der Waals surface area contributed by atoms with Gasteiger partial charge in [0.1, 0.15) is 12.4 Å². The zero-order chi connectivity index (χ0) is 12.0. The monoisotopic (exact) mass is 225 g/mol. The van der Waals surface area contributed by atoms with Crippen LogP contribution in [-0.2, 0) is 11.3 Å². The zero-order valence-corrected chi connectivity index (χ0v) is 9.05. The summed E-state index contributed by atoms with van der Waals surface area (Å²) in [5.41, 5.74) is 0.803. The number of allylic oxidation sites excluding steroid dienone is 1. The lowest BCUT2D eigenvalue weighted by molar-refractivity contribution is -0.137. The molecule has 3 N–H and O–H groups in total. The van der Waals surface area contributed by atoms with Gasteiger partial charge in [0.05, 0.1) is 12.8 Å². The van der Waals surface area contributed by atoms with Crippen molar-refractivity contribution in [3.63, 3.8) is 0 Å². The van der Waals surface area contributed by atoms with Crippen LogP contribution < -0.4 is 5.32 Å². The average molecular weight is 225 g/mol. The number of aliphatic carboxylic acids is 1. The Kier molecular flexibility index (Phi) is 4.53. The van der Waals surface area contributed by atoms with E-state index in [0.29, 0.717) is 12.4 Å². The summed E-state index contributed by atoms with van der Waals surface area (Å²) in [5.74, 6) is -0.350. The highest BCUT2D eigenvalue weighted by Crippen LogP contribution is 2.16. The van der Waals surface area contributed by atoms with Gasteiger partial charge in [-0.15, -0.1) is 0 Å². The average Bonchev–Trinajstić information content (AvgIpc) is 2.58. The Balaban J connectivity index is 2.93. The number of aromatic nitrogens is 2. The molecule has 0 aromatic carbocycles. The smallest absolute Gasteiger partial charge is 0.325 e. The molecule has 0 spiro atoms. The highest BCUT2D eigenvalue weighted by atomic mass is 16.4. The Morgan fingerprint density at radius 2 is 2.44 bits per heavy atom. The fraction of sp³-hybridized carbons (Fsp3) is 0.400. The maximum absolute atomic E-state index is 10.6. The Morgan fingerprint density at radius 1 is 1.69 bits per heavy atom. The first kappa shape index (κ1) is 12.3. The third-order valence-electron chi connectivity index (χ3n) is 1.90. The Morgan fingerprint density at radius 3 is 3.00 bits per heavy atom. The molecule has 6 nitrogen and oxygen atoms in total. The molecule has 0 amide bonds. The summed E-state index contributed by atoms with van der Waals surface area (Å²) in [7, 11) is 0. The predicted molar refractivity (Wildman–Crippen MR) is 60.1 cm³/mol. The van der Waals surface area contributed by atoms with Crippen LogP contribution in [0.2, 0.25) is 0 Å². The van der Waals surface area contributed by atoms with Crippen LogP contribution in [-0.4, -0.2) is 39.1 Å². The molecule has 0 aliphatic rings. The molecule has 16 heavy (non-hydrogen) atoms. The van der Waals surface area contributed by atoms with Gasteiger partial charge >= 0.3 is 5.97 Å². The van der Waals surface area contributed by atoms with Crippen molar-refractivity contribution in [2.24, 2.45) is 0 Å². The van der Waals surface area contributed by atoms with Crippen molar-refractivity contribution >= 4 is 17.9 Å². The summed E-state index contributed by atoms with van der Waals surface area (Å²) in [6, 6.07) is 0. The first-order valence-corrected chi connectivity index (χ1v) is 4.94. The van der Waals surface area contributed by atoms with Crippen LogP contribution in [0.4, 0.5) is 5.82 Å². The van der Waals surface area contributed by atoms with E-state index in [1.165, 1.54) is 4.68 Å². The zero-order valence-electron chi connectivity index (χ0n) is 9.05. The molecule has 0 aliphatic heterocycles. The fourth-order valence-electron chi connectivity index (χ4n) is 1.32. The number of rotatable bonds is 6. The van der Waals surface area contributed by atoms with E-state index in [-0.39, 0.29) is 13.2 Å². The number of nitrogens with zero attached hydrogens (tertiary/aromatic N) is 2. The molecule has 0 aliphatic carbocycles. The summed E-state index contributed by atoms with van der Waals surface area (Å²) in [5, 5.41) is 24.3. The van der Waals surface area contributed by atoms with Gasteiger partial charge < -0.3 is 15.5 Å². The molecule has 0 atom stereocenters. The third-order valence-corrected chi connectivity index (χ3v) is 1.90. The maximum Gasteiger partial charge on any atom is 0.325 e. The fourth-order valence-corrected chi connectivity index (χ4v) is 1.32. The second-order valence-electron chi connectivity index (χ2n) is 3.15. The van der Waals surface area contributed by atoms with Crippen molar-refractivity contribution in [3.05, 3.63) is 17.8 Å². The van der Waals surface area contributed by atoms with Crippen molar-refractivity contribution in [3.8, 4) is 0 Å². The number of hydrogen-bond acceptors (Lipinski definition) is 4. The minimum Gasteiger partial charge on any atom is -0.480 e. The Labute approximate surface area is 93.2 Å². The van der Waals surface area contributed by atoms with Crippen LogP contribution in [0.3, 0.4) is 0 Å². The lowest BCUT2D eigenvalue weighted by atomic mass is 10.3. The third kappa shape index (κ3) is 3.09. The lowest BCUT2D eigenvalue weighted by Crippen LogP contribution is -2.16. The standard InChI is InChI=1S/C10H15N3O3/c1-2-3-8-6-12-13(7-9(15)16)10(8)11-4-5-14/h2-3,6,11,14H,4-5,7H2,1H3,(H,15,16)/b3-2+. The predicted octanol–water partition coefficient (Wildman–Crippen LogP) is 0.405. The van der Waals surface area contributed by atoms with E-state index in [2.05, 4.69) is 10.4 Å². The van der Waals surface area contributed by atoms with Gasteiger partial charge in [-0.25, -0.2) is 4.68 Å². The Bertz CT molecular complexity index is 385. The molecular formula is C10H15N3O3. The molecule has 0 radical (unpaired) electrons. The van der Waals surface area contributed by atoms with Crippen molar-refractivity contribution in [1.82, 2.24) is 9.78 Å². The van der Waals surface area contributed by atoms with Crippen LogP contribution in [0.5, 0.6) is 0 Å². The summed E-state index contributed by atoms with van der Waals surface area (Å²) >= 11 is 0. The minimum absolute atomic E-state index is 0.0203. The quantitative estimate of drug-likeness (QED) is 0.652. The molecular weight excluding hydrogens is 210 g/mol. The van der Waals surface area contributed by atoms with Gasteiger partial charge in [0.2, 0.25) is 0 Å². The number of carbonyl (C=O) groups is 1. The molecule has 1 aromatic heterocycles. The molecule has 88 valence electrons. The molecule has 0 bridgehead atoms. The Hall–Kier alpha value is -1.82. The lowest BCUT2D eigenvalue weighted by Gasteiger charge is -2.08. The topological polar surface area (TPSA) is 87.4 Å². The highest BCUT2D eigenvalue weighted by Gasteiger charge is 2.10. The van der Waals surface area contributed by atoms with Crippen molar-refractivity contribution in [2.45, 2.75) is 13.5 Å². The normalized spacial score (nSPS) is 10.9. The number of aliphatic hydroxyl groups is 1. The van der Waals surface area contributed by atoms with Crippen LogP contribution in [0, 0.1) is 0 Å². The number of anilines is 1. The van der Waals surface area contributed by atoms with Crippen LogP contribution in [0.1, 0.15) is 12.5 Å².